The van der Waals surface area contributed by atoms with Gasteiger partial charge < -0.3 is 10.1 Å². The van der Waals surface area contributed by atoms with Crippen molar-refractivity contribution < 1.29 is 9.53 Å². The van der Waals surface area contributed by atoms with Crippen molar-refractivity contribution in [1.82, 2.24) is 5.32 Å². The van der Waals surface area contributed by atoms with E-state index in [0.29, 0.717) is 27.6 Å². The molecule has 0 aromatic heterocycles. The predicted molar refractivity (Wildman–Crippen MR) is 122 cm³/mol. The molecule has 1 N–H and O–H groups in total. The number of thioether (sulfide) groups is 1. The molecule has 1 aliphatic heterocycles. The molecule has 0 bridgehead atoms. The summed E-state index contributed by atoms with van der Waals surface area (Å²) >= 11 is 6.82. The molecule has 1 aromatic rings. The lowest BCUT2D eigenvalue weighted by Gasteiger charge is -2.40. The van der Waals surface area contributed by atoms with Gasteiger partial charge in [-0.2, -0.15) is 0 Å². The lowest BCUT2D eigenvalue weighted by Crippen LogP contribution is -2.50. The number of carbonyl (C=O) groups is 1. The fraction of sp³-hybridized carbons (Fsp3) is 0.565. The highest BCUT2D eigenvalue weighted by Gasteiger charge is 2.50. The Labute approximate surface area is 178 Å². The van der Waals surface area contributed by atoms with Crippen molar-refractivity contribution in [2.24, 2.45) is 11.8 Å². The van der Waals surface area contributed by atoms with Gasteiger partial charge >= 0.3 is 0 Å². The van der Waals surface area contributed by atoms with E-state index in [4.69, 9.17) is 17.0 Å². The van der Waals surface area contributed by atoms with Crippen molar-refractivity contribution in [1.29, 1.82) is 0 Å². The number of rotatable bonds is 3. The van der Waals surface area contributed by atoms with Crippen molar-refractivity contribution in [3.05, 3.63) is 40.1 Å². The maximum Gasteiger partial charge on any atom is 0.256 e. The summed E-state index contributed by atoms with van der Waals surface area (Å²) in [6.45, 7) is 10.6. The highest BCUT2D eigenvalue weighted by Crippen LogP contribution is 2.46. The molecule has 1 fully saturated rings. The summed E-state index contributed by atoms with van der Waals surface area (Å²) in [5.74, 6) is 1.68. The van der Waals surface area contributed by atoms with Crippen LogP contribution in [0.2, 0.25) is 0 Å². The van der Waals surface area contributed by atoms with E-state index in [-0.39, 0.29) is 5.91 Å². The topological polar surface area (TPSA) is 38.3 Å². The molecule has 5 heteroatoms. The average Bonchev–Trinajstić information content (AvgIpc) is 2.86. The average molecular weight is 418 g/mol. The smallest absolute Gasteiger partial charge is 0.256 e. The Morgan fingerprint density at radius 2 is 1.89 bits per heavy atom. The SMILES string of the molecule is CSC(=S)OC1=C(c2c(C)cc(C)cc2C)C(=O)NC1(C)C1CCCC(C)C1. The largest absolute Gasteiger partial charge is 0.441 e. The quantitative estimate of drug-likeness (QED) is 0.640. The number of nitrogens with one attached hydrogen (secondary N) is 1. The molecule has 3 rings (SSSR count). The maximum absolute atomic E-state index is 13.3. The van der Waals surface area contributed by atoms with E-state index in [0.717, 1.165) is 29.5 Å². The molecule has 1 saturated carbocycles. The highest BCUT2D eigenvalue weighted by atomic mass is 32.2. The number of carbonyl (C=O) groups excluding carboxylic acids is 1. The number of amides is 1. The van der Waals surface area contributed by atoms with Crippen LogP contribution in [0.3, 0.4) is 0 Å². The maximum atomic E-state index is 13.3. The lowest BCUT2D eigenvalue weighted by atomic mass is 9.71. The zero-order valence-electron chi connectivity index (χ0n) is 17.8. The number of thiocarbonyl (C=S) groups is 1. The number of hydrogen-bond donors (Lipinski definition) is 1. The van der Waals surface area contributed by atoms with Gasteiger partial charge in [0.25, 0.3) is 5.91 Å². The number of aryl methyl sites for hydroxylation is 3. The summed E-state index contributed by atoms with van der Waals surface area (Å²) in [5.41, 5.74) is 4.51. The van der Waals surface area contributed by atoms with Gasteiger partial charge in [-0.05, 0) is 87.5 Å². The highest BCUT2D eigenvalue weighted by molar-refractivity contribution is 8.22. The minimum atomic E-state index is -0.523. The lowest BCUT2D eigenvalue weighted by molar-refractivity contribution is -0.116. The molecule has 1 aliphatic carbocycles. The first-order valence-electron chi connectivity index (χ1n) is 10.1. The van der Waals surface area contributed by atoms with Crippen LogP contribution in [0.15, 0.2) is 17.9 Å². The summed E-state index contributed by atoms with van der Waals surface area (Å²) in [6, 6.07) is 4.26. The van der Waals surface area contributed by atoms with Crippen LogP contribution in [0.5, 0.6) is 0 Å². The minimum Gasteiger partial charge on any atom is -0.441 e. The van der Waals surface area contributed by atoms with Crippen LogP contribution >= 0.6 is 24.0 Å². The van der Waals surface area contributed by atoms with E-state index in [9.17, 15) is 4.79 Å². The Hall–Kier alpha value is -1.33. The van der Waals surface area contributed by atoms with Gasteiger partial charge in [0.05, 0.1) is 11.1 Å². The Bertz CT molecular complexity index is 822. The van der Waals surface area contributed by atoms with Crippen molar-refractivity contribution in [3.8, 4) is 0 Å². The predicted octanol–water partition coefficient (Wildman–Crippen LogP) is 5.70. The van der Waals surface area contributed by atoms with Crippen LogP contribution in [0, 0.1) is 32.6 Å². The van der Waals surface area contributed by atoms with Gasteiger partial charge in [0, 0.05) is 0 Å². The van der Waals surface area contributed by atoms with Crippen molar-refractivity contribution in [2.75, 3.05) is 6.26 Å². The molecular formula is C23H31NO2S2. The molecule has 28 heavy (non-hydrogen) atoms. The summed E-state index contributed by atoms with van der Waals surface area (Å²) in [7, 11) is 0. The van der Waals surface area contributed by atoms with Gasteiger partial charge in [0.2, 0.25) is 4.38 Å². The van der Waals surface area contributed by atoms with Crippen molar-refractivity contribution in [2.45, 2.75) is 65.8 Å². The fourth-order valence-corrected chi connectivity index (χ4v) is 5.30. The Morgan fingerprint density at radius 1 is 1.25 bits per heavy atom. The first kappa shape index (κ1) is 21.4. The molecule has 0 saturated heterocycles. The molecule has 2 aliphatic rings. The third-order valence-electron chi connectivity index (χ3n) is 6.33. The van der Waals surface area contributed by atoms with Crippen LogP contribution < -0.4 is 5.32 Å². The first-order valence-corrected chi connectivity index (χ1v) is 11.7. The van der Waals surface area contributed by atoms with E-state index in [1.165, 1.54) is 30.2 Å². The summed E-state index contributed by atoms with van der Waals surface area (Å²) < 4.78 is 6.69. The zero-order valence-corrected chi connectivity index (χ0v) is 19.4. The summed E-state index contributed by atoms with van der Waals surface area (Å²) in [6.07, 6.45) is 6.55. The summed E-state index contributed by atoms with van der Waals surface area (Å²) in [5, 5.41) is 3.31. The third-order valence-corrected chi connectivity index (χ3v) is 7.33. The summed E-state index contributed by atoms with van der Waals surface area (Å²) in [4.78, 5) is 13.3. The van der Waals surface area contributed by atoms with Gasteiger partial charge in [-0.25, -0.2) is 0 Å². The normalized spacial score (nSPS) is 27.7. The molecule has 1 aromatic carbocycles. The van der Waals surface area contributed by atoms with Crippen molar-refractivity contribution >= 4 is 39.8 Å². The standard InChI is InChI=1S/C23H31NO2S2/c1-13-8-7-9-17(12-13)23(5)20(26-22(27)28-6)19(21(25)24-23)18-15(3)10-14(2)11-16(18)4/h10-11,13,17H,7-9,12H2,1-6H3,(H,24,25). The monoisotopic (exact) mass is 417 g/mol. The van der Waals surface area contributed by atoms with E-state index in [1.807, 2.05) is 6.26 Å². The number of ether oxygens (including phenoxy) is 1. The van der Waals surface area contributed by atoms with Gasteiger partial charge in [-0.1, -0.05) is 49.2 Å². The first-order chi connectivity index (χ1) is 13.2. The van der Waals surface area contributed by atoms with Crippen LogP contribution in [-0.2, 0) is 9.53 Å². The minimum absolute atomic E-state index is 0.0466. The second-order valence-corrected chi connectivity index (χ2v) is 10.1. The molecule has 1 heterocycles. The van der Waals surface area contributed by atoms with E-state index in [1.54, 1.807) is 0 Å². The van der Waals surface area contributed by atoms with E-state index < -0.39 is 5.54 Å². The molecule has 0 radical (unpaired) electrons. The molecule has 3 nitrogen and oxygen atoms in total. The molecule has 3 atom stereocenters. The van der Waals surface area contributed by atoms with E-state index >= 15 is 0 Å². The van der Waals surface area contributed by atoms with Crippen LogP contribution in [-0.4, -0.2) is 22.1 Å². The fourth-order valence-electron chi connectivity index (χ4n) is 5.05. The van der Waals surface area contributed by atoms with Crippen molar-refractivity contribution in [3.63, 3.8) is 0 Å². The number of hydrogen-bond acceptors (Lipinski definition) is 4. The molecule has 152 valence electrons. The van der Waals surface area contributed by atoms with Gasteiger partial charge in [0.15, 0.2) is 0 Å². The Kier molecular flexibility index (Phi) is 6.26. The van der Waals surface area contributed by atoms with Crippen LogP contribution in [0.4, 0.5) is 0 Å². The Balaban J connectivity index is 2.18. The van der Waals surface area contributed by atoms with Crippen LogP contribution in [0.25, 0.3) is 5.57 Å². The number of benzene rings is 1. The molecular weight excluding hydrogens is 386 g/mol. The van der Waals surface area contributed by atoms with E-state index in [2.05, 4.69) is 52.1 Å². The molecule has 3 unspecified atom stereocenters. The second kappa shape index (κ2) is 8.19. The second-order valence-electron chi connectivity index (χ2n) is 8.66. The molecule has 1 amide bonds. The van der Waals surface area contributed by atoms with Gasteiger partial charge in [-0.3, -0.25) is 4.79 Å². The third kappa shape index (κ3) is 3.88. The van der Waals surface area contributed by atoms with Gasteiger partial charge in [0.1, 0.15) is 5.76 Å². The molecule has 0 spiro atoms. The van der Waals surface area contributed by atoms with Crippen LogP contribution in [0.1, 0.15) is 61.8 Å². The van der Waals surface area contributed by atoms with Gasteiger partial charge in [-0.15, -0.1) is 0 Å². The zero-order chi connectivity index (χ0) is 20.6. The Morgan fingerprint density at radius 3 is 2.46 bits per heavy atom.